The topological polar surface area (TPSA) is 113 Å². The Morgan fingerprint density at radius 3 is 1.28 bits per heavy atom. The van der Waals surface area contributed by atoms with Crippen LogP contribution in [-0.2, 0) is 44.5 Å². The van der Waals surface area contributed by atoms with E-state index in [0.717, 1.165) is 42.9 Å². The number of carbonyl (C=O) groups is 3. The van der Waals surface area contributed by atoms with E-state index in [1.807, 2.05) is 12.1 Å². The number of amides is 3. The van der Waals surface area contributed by atoms with E-state index in [2.05, 4.69) is 19.2 Å². The van der Waals surface area contributed by atoms with Crippen molar-refractivity contribution < 1.29 is 38.1 Å². The molecule has 1 heterocycles. The van der Waals surface area contributed by atoms with Crippen LogP contribution in [0.25, 0.3) is 0 Å². The number of rotatable bonds is 53. The van der Waals surface area contributed by atoms with Crippen molar-refractivity contribution in [3.8, 4) is 0 Å². The van der Waals surface area contributed by atoms with Gasteiger partial charge in [0.15, 0.2) is 0 Å². The van der Waals surface area contributed by atoms with Crippen LogP contribution in [0.3, 0.4) is 0 Å². The summed E-state index contributed by atoms with van der Waals surface area (Å²) < 4.78 is 29.8. The van der Waals surface area contributed by atoms with Gasteiger partial charge in [-0.25, -0.2) is 4.90 Å². The number of hydrogen-bond acceptors (Lipinski definition) is 8. The van der Waals surface area contributed by atoms with Gasteiger partial charge in [0.1, 0.15) is 6.10 Å². The van der Waals surface area contributed by atoms with Gasteiger partial charge >= 0.3 is 0 Å². The van der Waals surface area contributed by atoms with E-state index in [1.54, 1.807) is 12.1 Å². The third kappa shape index (κ3) is 37.8. The quantitative estimate of drug-likeness (QED) is 0.0507. The molecule has 0 bridgehead atoms. The van der Waals surface area contributed by atoms with Gasteiger partial charge in [-0.2, -0.15) is 0 Å². The fourth-order valence-corrected chi connectivity index (χ4v) is 8.94. The molecule has 0 radical (unpaired) electrons. The van der Waals surface area contributed by atoms with Crippen LogP contribution in [0.2, 0.25) is 0 Å². The number of nitrogens with one attached hydrogen (secondary N) is 1. The first-order valence-corrected chi connectivity index (χ1v) is 28.9. The van der Waals surface area contributed by atoms with Crippen LogP contribution in [-0.4, -0.2) is 89.8 Å². The zero-order valence-electron chi connectivity index (χ0n) is 44.6. The maximum atomic E-state index is 12.3. The molecule has 10 nitrogen and oxygen atoms in total. The molecule has 0 saturated carbocycles. The number of aryl methyl sites for hydroxylation is 1. The van der Waals surface area contributed by atoms with E-state index in [4.69, 9.17) is 23.7 Å². The smallest absolute Gasteiger partial charge is 0.258 e. The number of benzene rings is 1. The highest BCUT2D eigenvalue weighted by Crippen LogP contribution is 2.21. The highest BCUT2D eigenvalue weighted by Gasteiger charge is 2.24. The van der Waals surface area contributed by atoms with Gasteiger partial charge in [-0.05, 0) is 43.4 Å². The molecule has 0 aliphatic carbocycles. The number of carbonyl (C=O) groups excluding carboxylic acids is 3. The molecule has 0 aromatic heterocycles. The Morgan fingerprint density at radius 2 is 0.826 bits per heavy atom. The fraction of sp³-hybridized carbons (Fsp3) is 0.814. The van der Waals surface area contributed by atoms with Crippen LogP contribution in [0.5, 0.6) is 0 Å². The van der Waals surface area contributed by atoms with Crippen LogP contribution in [0.4, 0.5) is 5.69 Å². The van der Waals surface area contributed by atoms with Crippen molar-refractivity contribution in [3.05, 3.63) is 42.0 Å². The maximum Gasteiger partial charge on any atom is 0.258 e. The van der Waals surface area contributed by atoms with Crippen molar-refractivity contribution in [2.75, 3.05) is 70.9 Å². The molecule has 3 amide bonds. The highest BCUT2D eigenvalue weighted by atomic mass is 16.6. The summed E-state index contributed by atoms with van der Waals surface area (Å²) in [5.74, 6) is -0.674. The molecule has 0 unspecified atom stereocenters. The van der Waals surface area contributed by atoms with Crippen molar-refractivity contribution >= 4 is 23.4 Å². The summed E-state index contributed by atoms with van der Waals surface area (Å²) in [5.41, 5.74) is 1.60. The summed E-state index contributed by atoms with van der Waals surface area (Å²) in [5, 5.41) is 2.91. The number of ether oxygens (including phenoxy) is 5. The Labute approximate surface area is 422 Å². The molecule has 0 spiro atoms. The monoisotopic (exact) mass is 969 g/mol. The normalized spacial score (nSPS) is 13.0. The largest absolute Gasteiger partial charge is 0.379 e. The molecule has 1 atom stereocenters. The first-order valence-electron chi connectivity index (χ1n) is 28.9. The molecule has 1 aromatic rings. The number of unbranched alkanes of at least 4 members (excludes halogenated alkanes) is 30. The van der Waals surface area contributed by atoms with Gasteiger partial charge in [0.25, 0.3) is 11.8 Å². The molecule has 1 N–H and O–H groups in total. The molecule has 1 aliphatic rings. The van der Waals surface area contributed by atoms with Gasteiger partial charge in [-0.3, -0.25) is 14.4 Å². The summed E-state index contributed by atoms with van der Waals surface area (Å²) >= 11 is 0. The molecule has 10 heteroatoms. The standard InChI is InChI=1S/C59H104N2O8/c1-3-5-7-9-11-13-15-17-19-21-23-25-27-29-31-33-45-67-52-56(69-46-34-32-30-28-26-24-22-20-18-16-14-12-10-8-6-4-2)53-68-51-50-66-49-48-65-47-44-60-57(62)37-35-36-54-38-40-55(41-39-54)61-58(63)42-43-59(61)64/h38-43,56H,3-37,44-53H2,1-2H3,(H,60,62)/t56-/m0/s1. The number of nitrogens with zero attached hydrogens (tertiary/aromatic N) is 1. The summed E-state index contributed by atoms with van der Waals surface area (Å²) in [4.78, 5) is 37.2. The third-order valence-electron chi connectivity index (χ3n) is 13.3. The molecular formula is C59H104N2O8. The molecule has 0 saturated heterocycles. The Hall–Kier alpha value is -2.63. The van der Waals surface area contributed by atoms with E-state index in [1.165, 1.54) is 205 Å². The van der Waals surface area contributed by atoms with Gasteiger partial charge < -0.3 is 29.0 Å². The summed E-state index contributed by atoms with van der Waals surface area (Å²) in [6.07, 6.45) is 48.1. The Balaban J connectivity index is 1.48. The first-order chi connectivity index (χ1) is 34.0. The number of imide groups is 1. The van der Waals surface area contributed by atoms with Crippen LogP contribution in [0.1, 0.15) is 238 Å². The van der Waals surface area contributed by atoms with Crippen molar-refractivity contribution in [1.29, 1.82) is 0 Å². The third-order valence-corrected chi connectivity index (χ3v) is 13.3. The van der Waals surface area contributed by atoms with E-state index < -0.39 is 0 Å². The first kappa shape index (κ1) is 62.5. The van der Waals surface area contributed by atoms with Crippen molar-refractivity contribution in [3.63, 3.8) is 0 Å². The van der Waals surface area contributed by atoms with Gasteiger partial charge in [0.2, 0.25) is 5.91 Å². The molecule has 69 heavy (non-hydrogen) atoms. The summed E-state index contributed by atoms with van der Waals surface area (Å²) in [7, 11) is 0. The Morgan fingerprint density at radius 1 is 0.449 bits per heavy atom. The summed E-state index contributed by atoms with van der Waals surface area (Å²) in [6.45, 7) is 9.97. The van der Waals surface area contributed by atoms with Gasteiger partial charge in [-0.1, -0.05) is 219 Å². The lowest BCUT2D eigenvalue weighted by Crippen LogP contribution is -2.29. The van der Waals surface area contributed by atoms with Crippen LogP contribution in [0.15, 0.2) is 36.4 Å². The van der Waals surface area contributed by atoms with E-state index in [9.17, 15) is 14.4 Å². The zero-order chi connectivity index (χ0) is 49.3. The molecular weight excluding hydrogens is 865 g/mol. The average Bonchev–Trinajstić information content (AvgIpc) is 3.70. The van der Waals surface area contributed by atoms with Crippen molar-refractivity contribution in [2.45, 2.75) is 245 Å². The highest BCUT2D eigenvalue weighted by molar-refractivity contribution is 6.28. The minimum Gasteiger partial charge on any atom is -0.379 e. The lowest BCUT2D eigenvalue weighted by molar-refractivity contribution is -0.122. The van der Waals surface area contributed by atoms with Gasteiger partial charge in [0.05, 0.1) is 51.9 Å². The van der Waals surface area contributed by atoms with Crippen LogP contribution < -0.4 is 10.2 Å². The lowest BCUT2D eigenvalue weighted by Gasteiger charge is -2.18. The fourth-order valence-electron chi connectivity index (χ4n) is 8.94. The van der Waals surface area contributed by atoms with E-state index in [0.29, 0.717) is 71.3 Å². The predicted molar refractivity (Wildman–Crippen MR) is 286 cm³/mol. The van der Waals surface area contributed by atoms with Crippen molar-refractivity contribution in [1.82, 2.24) is 5.32 Å². The minimum absolute atomic E-state index is 0.0131. The van der Waals surface area contributed by atoms with Gasteiger partial charge in [-0.15, -0.1) is 0 Å². The molecule has 0 fully saturated rings. The Kier molecular flexibility index (Phi) is 43.2. The number of anilines is 1. The predicted octanol–water partition coefficient (Wildman–Crippen LogP) is 14.5. The van der Waals surface area contributed by atoms with E-state index >= 15 is 0 Å². The Bertz CT molecular complexity index is 1340. The minimum atomic E-state index is -0.331. The molecule has 1 aliphatic heterocycles. The lowest BCUT2D eigenvalue weighted by atomic mass is 10.0. The SMILES string of the molecule is CCCCCCCCCCCCCCCCCCOC[C@@H](COCCOCCOCCNC(=O)CCCc1ccc(N2C(=O)C=CC2=O)cc1)OCCCCCCCCCCCCCCCCCC. The second kappa shape index (κ2) is 47.7. The maximum absolute atomic E-state index is 12.3. The second-order valence-electron chi connectivity index (χ2n) is 19.7. The zero-order valence-corrected chi connectivity index (χ0v) is 44.6. The van der Waals surface area contributed by atoms with Crippen molar-refractivity contribution in [2.24, 2.45) is 0 Å². The van der Waals surface area contributed by atoms with Crippen LogP contribution >= 0.6 is 0 Å². The second-order valence-corrected chi connectivity index (χ2v) is 19.7. The van der Waals surface area contributed by atoms with Crippen LogP contribution in [0, 0.1) is 0 Å². The van der Waals surface area contributed by atoms with Gasteiger partial charge in [0, 0.05) is 38.3 Å². The van der Waals surface area contributed by atoms with E-state index in [-0.39, 0.29) is 23.8 Å². The molecule has 1 aromatic carbocycles. The molecule has 2 rings (SSSR count). The number of hydrogen-bond donors (Lipinski definition) is 1. The molecule has 398 valence electrons. The average molecular weight is 969 g/mol. The summed E-state index contributed by atoms with van der Waals surface area (Å²) in [6, 6.07) is 7.31.